The fourth-order valence-corrected chi connectivity index (χ4v) is 4.03. The van der Waals surface area contributed by atoms with Crippen LogP contribution in [0.15, 0.2) is 24.3 Å². The summed E-state index contributed by atoms with van der Waals surface area (Å²) in [6, 6.07) is 8.78. The molecule has 2 rings (SSSR count). The summed E-state index contributed by atoms with van der Waals surface area (Å²) in [5, 5.41) is 4.60. The minimum absolute atomic E-state index is 0.427. The average molecular weight is 308 g/mol. The van der Waals surface area contributed by atoms with E-state index in [-0.39, 0.29) is 0 Å². The first-order valence-electron chi connectivity index (χ1n) is 8.74. The fraction of sp³-hybridized carbons (Fsp3) is 0.684. The zero-order valence-corrected chi connectivity index (χ0v) is 14.3. The smallest absolute Gasteiger partial charge is 0.0453 e. The van der Waals surface area contributed by atoms with E-state index in [4.69, 9.17) is 11.6 Å². The molecule has 1 fully saturated rings. The van der Waals surface area contributed by atoms with Crippen LogP contribution in [0.5, 0.6) is 0 Å². The van der Waals surface area contributed by atoms with Gasteiger partial charge in [-0.2, -0.15) is 0 Å². The van der Waals surface area contributed by atoms with Crippen LogP contribution in [0.1, 0.15) is 70.4 Å². The highest BCUT2D eigenvalue weighted by atomic mass is 35.5. The number of halogens is 1. The van der Waals surface area contributed by atoms with Crippen molar-refractivity contribution in [1.82, 2.24) is 5.32 Å². The van der Waals surface area contributed by atoms with Crippen LogP contribution in [0.3, 0.4) is 0 Å². The van der Waals surface area contributed by atoms with E-state index in [0.29, 0.717) is 6.04 Å². The lowest BCUT2D eigenvalue weighted by atomic mass is 9.75. The first-order chi connectivity index (χ1) is 10.3. The lowest BCUT2D eigenvalue weighted by Crippen LogP contribution is -2.31. The Morgan fingerprint density at radius 2 is 1.86 bits per heavy atom. The molecule has 0 radical (unpaired) electrons. The van der Waals surface area contributed by atoms with Crippen molar-refractivity contribution in [2.75, 3.05) is 6.54 Å². The summed E-state index contributed by atoms with van der Waals surface area (Å²) in [6.45, 7) is 5.49. The summed E-state index contributed by atoms with van der Waals surface area (Å²) in [5.41, 5.74) is 1.29. The van der Waals surface area contributed by atoms with Crippen molar-refractivity contribution in [2.45, 2.75) is 64.8 Å². The van der Waals surface area contributed by atoms with Gasteiger partial charge in [-0.25, -0.2) is 0 Å². The van der Waals surface area contributed by atoms with Crippen LogP contribution in [0.4, 0.5) is 0 Å². The normalized spacial score (nSPS) is 24.0. The molecular weight excluding hydrogens is 278 g/mol. The number of unbranched alkanes of at least 4 members (excludes halogenated alkanes) is 1. The summed E-state index contributed by atoms with van der Waals surface area (Å²) in [6.07, 6.45) is 9.65. The largest absolute Gasteiger partial charge is 0.310 e. The van der Waals surface area contributed by atoms with Gasteiger partial charge in [-0.05, 0) is 42.9 Å². The van der Waals surface area contributed by atoms with Gasteiger partial charge in [-0.1, -0.05) is 75.8 Å². The van der Waals surface area contributed by atoms with Crippen LogP contribution >= 0.6 is 11.6 Å². The Morgan fingerprint density at radius 1 is 1.14 bits per heavy atom. The fourth-order valence-electron chi connectivity index (χ4n) is 3.78. The molecule has 118 valence electrons. The molecule has 1 saturated carbocycles. The molecule has 1 unspecified atom stereocenters. The van der Waals surface area contributed by atoms with E-state index in [0.717, 1.165) is 23.4 Å². The molecule has 0 amide bonds. The van der Waals surface area contributed by atoms with Gasteiger partial charge in [0, 0.05) is 11.1 Å². The number of rotatable bonds is 7. The molecule has 0 spiro atoms. The van der Waals surface area contributed by atoms with E-state index in [1.807, 2.05) is 12.1 Å². The maximum Gasteiger partial charge on any atom is 0.0453 e. The summed E-state index contributed by atoms with van der Waals surface area (Å²) in [5.74, 6) is 1.71. The molecule has 1 N–H and O–H groups in total. The number of hydrogen-bond donors (Lipinski definition) is 1. The van der Waals surface area contributed by atoms with Gasteiger partial charge in [0.1, 0.15) is 0 Å². The predicted molar refractivity (Wildman–Crippen MR) is 92.8 cm³/mol. The van der Waals surface area contributed by atoms with Crippen molar-refractivity contribution in [1.29, 1.82) is 0 Å². The van der Waals surface area contributed by atoms with Crippen LogP contribution in [-0.4, -0.2) is 6.54 Å². The average Bonchev–Trinajstić information content (AvgIpc) is 2.52. The minimum Gasteiger partial charge on any atom is -0.310 e. The number of benzene rings is 1. The molecule has 21 heavy (non-hydrogen) atoms. The van der Waals surface area contributed by atoms with Gasteiger partial charge in [0.2, 0.25) is 0 Å². The van der Waals surface area contributed by atoms with E-state index in [2.05, 4.69) is 31.3 Å². The van der Waals surface area contributed by atoms with Gasteiger partial charge in [0.05, 0.1) is 0 Å². The van der Waals surface area contributed by atoms with Gasteiger partial charge < -0.3 is 5.32 Å². The predicted octanol–water partition coefficient (Wildman–Crippen LogP) is 5.99. The van der Waals surface area contributed by atoms with Crippen LogP contribution in [0.2, 0.25) is 5.02 Å². The highest BCUT2D eigenvalue weighted by molar-refractivity contribution is 6.31. The molecular formula is C19H30ClN. The van der Waals surface area contributed by atoms with Crippen LogP contribution in [-0.2, 0) is 0 Å². The lowest BCUT2D eigenvalue weighted by Gasteiger charge is -2.35. The second kappa shape index (κ2) is 8.80. The number of hydrogen-bond acceptors (Lipinski definition) is 1. The first-order valence-corrected chi connectivity index (χ1v) is 9.11. The Morgan fingerprint density at radius 3 is 2.48 bits per heavy atom. The Kier molecular flexibility index (Phi) is 7.06. The molecule has 1 atom stereocenters. The Labute approximate surface area is 135 Å². The molecule has 1 nitrogen and oxygen atoms in total. The van der Waals surface area contributed by atoms with Crippen molar-refractivity contribution in [3.05, 3.63) is 34.9 Å². The minimum atomic E-state index is 0.427. The lowest BCUT2D eigenvalue weighted by molar-refractivity contribution is 0.214. The van der Waals surface area contributed by atoms with Crippen LogP contribution < -0.4 is 5.32 Å². The molecule has 1 aliphatic carbocycles. The monoisotopic (exact) mass is 307 g/mol. The zero-order valence-electron chi connectivity index (χ0n) is 13.6. The number of nitrogens with one attached hydrogen (secondary N) is 1. The van der Waals surface area contributed by atoms with Gasteiger partial charge in [0.25, 0.3) is 0 Å². The van der Waals surface area contributed by atoms with E-state index in [1.165, 1.54) is 50.5 Å². The Balaban J connectivity index is 1.99. The molecule has 0 heterocycles. The highest BCUT2D eigenvalue weighted by Crippen LogP contribution is 2.40. The quantitative estimate of drug-likeness (QED) is 0.652. The van der Waals surface area contributed by atoms with E-state index < -0.39 is 0 Å². The Hall–Kier alpha value is -0.530. The third-order valence-electron chi connectivity index (χ3n) is 4.99. The molecule has 1 aromatic carbocycles. The van der Waals surface area contributed by atoms with E-state index in [1.54, 1.807) is 0 Å². The topological polar surface area (TPSA) is 12.0 Å². The zero-order chi connectivity index (χ0) is 15.1. The Bertz CT molecular complexity index is 410. The van der Waals surface area contributed by atoms with Crippen LogP contribution in [0, 0.1) is 11.8 Å². The van der Waals surface area contributed by atoms with Crippen molar-refractivity contribution in [3.63, 3.8) is 0 Å². The SMILES string of the molecule is CCCCC1CCC(C(NCC)c2ccccc2Cl)CC1. The van der Waals surface area contributed by atoms with Crippen LogP contribution in [0.25, 0.3) is 0 Å². The summed E-state index contributed by atoms with van der Waals surface area (Å²) in [4.78, 5) is 0. The summed E-state index contributed by atoms with van der Waals surface area (Å²) < 4.78 is 0. The second-order valence-corrected chi connectivity index (χ2v) is 6.89. The standard InChI is InChI=1S/C19H30ClN/c1-3-5-8-15-11-13-16(14-12-15)19(21-4-2)17-9-6-7-10-18(17)20/h6-7,9-10,15-16,19,21H,3-5,8,11-14H2,1-2H3. The maximum absolute atomic E-state index is 6.43. The van der Waals surface area contributed by atoms with Gasteiger partial charge in [-0.15, -0.1) is 0 Å². The van der Waals surface area contributed by atoms with Crippen molar-refractivity contribution >= 4 is 11.6 Å². The molecule has 1 aromatic rings. The van der Waals surface area contributed by atoms with Gasteiger partial charge >= 0.3 is 0 Å². The molecule has 0 bridgehead atoms. The second-order valence-electron chi connectivity index (χ2n) is 6.48. The molecule has 1 aliphatic rings. The van der Waals surface area contributed by atoms with Crippen molar-refractivity contribution in [3.8, 4) is 0 Å². The van der Waals surface area contributed by atoms with E-state index >= 15 is 0 Å². The van der Waals surface area contributed by atoms with Gasteiger partial charge in [-0.3, -0.25) is 0 Å². The third-order valence-corrected chi connectivity index (χ3v) is 5.34. The summed E-state index contributed by atoms with van der Waals surface area (Å²) in [7, 11) is 0. The first kappa shape index (κ1) is 16.8. The van der Waals surface area contributed by atoms with Gasteiger partial charge in [0.15, 0.2) is 0 Å². The highest BCUT2D eigenvalue weighted by Gasteiger charge is 2.28. The molecule has 2 heteroatoms. The molecule has 0 aliphatic heterocycles. The van der Waals surface area contributed by atoms with Crippen molar-refractivity contribution < 1.29 is 0 Å². The molecule has 0 aromatic heterocycles. The summed E-state index contributed by atoms with van der Waals surface area (Å²) >= 11 is 6.43. The molecule has 0 saturated heterocycles. The van der Waals surface area contributed by atoms with Crippen molar-refractivity contribution in [2.24, 2.45) is 11.8 Å². The maximum atomic E-state index is 6.43. The third kappa shape index (κ3) is 4.72. The van der Waals surface area contributed by atoms with E-state index in [9.17, 15) is 0 Å².